The lowest BCUT2D eigenvalue weighted by molar-refractivity contribution is -0.129. The van der Waals surface area contributed by atoms with E-state index in [-0.39, 0.29) is 22.6 Å². The molecule has 192 valence electrons. The second-order valence-corrected chi connectivity index (χ2v) is 10.8. The minimum absolute atomic E-state index is 0.0427. The van der Waals surface area contributed by atoms with Crippen molar-refractivity contribution in [3.8, 4) is 6.07 Å². The van der Waals surface area contributed by atoms with E-state index in [4.69, 9.17) is 9.47 Å². The van der Waals surface area contributed by atoms with Crippen molar-refractivity contribution in [1.82, 2.24) is 9.80 Å². The Kier molecular flexibility index (Phi) is 7.97. The molecule has 10 heteroatoms. The van der Waals surface area contributed by atoms with Gasteiger partial charge in [0.2, 0.25) is 17.7 Å². The number of ether oxygens (including phenoxy) is 2. The summed E-state index contributed by atoms with van der Waals surface area (Å²) in [5.41, 5.74) is 2.33. The molecule has 0 bridgehead atoms. The minimum atomic E-state index is -0.634. The van der Waals surface area contributed by atoms with Crippen LogP contribution in [0.3, 0.4) is 0 Å². The number of nitrogens with zero attached hydrogens (tertiary/aromatic N) is 5. The maximum absolute atomic E-state index is 13.2. The molecule has 2 saturated heterocycles. The number of hydrogen-bond acceptors (Lipinski definition) is 9. The summed E-state index contributed by atoms with van der Waals surface area (Å²) in [5, 5.41) is 12.8. The highest BCUT2D eigenvalue weighted by molar-refractivity contribution is 8.01. The fourth-order valence-corrected chi connectivity index (χ4v) is 6.62. The van der Waals surface area contributed by atoms with Crippen molar-refractivity contribution >= 4 is 35.2 Å². The number of nitriles is 1. The third-order valence-electron chi connectivity index (χ3n) is 7.13. The Hall–Kier alpha value is -2.77. The van der Waals surface area contributed by atoms with E-state index in [1.54, 1.807) is 4.90 Å². The van der Waals surface area contributed by atoms with Gasteiger partial charge in [0.1, 0.15) is 23.8 Å². The molecule has 4 aliphatic rings. The van der Waals surface area contributed by atoms with Crippen molar-refractivity contribution in [3.63, 3.8) is 0 Å². The second-order valence-electron chi connectivity index (χ2n) is 9.49. The molecule has 1 N–H and O–H groups in total. The fraction of sp³-hybridized carbons (Fsp3) is 0.615. The fourth-order valence-electron chi connectivity index (χ4n) is 5.12. The highest BCUT2D eigenvalue weighted by Crippen LogP contribution is 2.37. The third-order valence-corrected chi connectivity index (χ3v) is 8.63. The zero-order valence-electron chi connectivity index (χ0n) is 20.8. The number of carbonyl (C=O) groups excluding carboxylic acids is 1. The van der Waals surface area contributed by atoms with Gasteiger partial charge in [-0.25, -0.2) is 4.99 Å². The number of rotatable bonds is 10. The highest BCUT2D eigenvalue weighted by Gasteiger charge is 2.47. The number of nitrogens with one attached hydrogen (secondary N) is 1. The first-order valence-electron chi connectivity index (χ1n) is 12.9. The van der Waals surface area contributed by atoms with Crippen molar-refractivity contribution in [3.05, 3.63) is 29.8 Å². The number of likely N-dealkylation sites (tertiary alicyclic amines) is 1. The van der Waals surface area contributed by atoms with Gasteiger partial charge in [-0.3, -0.25) is 9.79 Å². The molecule has 4 atom stereocenters. The maximum atomic E-state index is 13.2. The van der Waals surface area contributed by atoms with Crippen molar-refractivity contribution in [2.24, 2.45) is 15.9 Å². The summed E-state index contributed by atoms with van der Waals surface area (Å²) in [7, 11) is 0. The Bertz CT molecular complexity index is 1030. The van der Waals surface area contributed by atoms with Crippen LogP contribution < -0.4 is 5.32 Å². The minimum Gasteiger partial charge on any atom is -0.477 e. The van der Waals surface area contributed by atoms with Gasteiger partial charge in [-0.2, -0.15) is 5.26 Å². The molecule has 36 heavy (non-hydrogen) atoms. The number of carbonyl (C=O) groups is 1. The van der Waals surface area contributed by atoms with E-state index in [1.165, 1.54) is 43.3 Å². The van der Waals surface area contributed by atoms with Crippen LogP contribution in [0, 0.1) is 17.2 Å². The van der Waals surface area contributed by atoms with Crippen molar-refractivity contribution in [2.75, 3.05) is 57.8 Å². The SMILES string of the molecule is CCN1C(=O)C(CNc2ccc(CCN3CCCC3)cc2)SC1C(C#N)C1=NC(C2=NCCO2)CO1. The number of anilines is 1. The molecule has 0 radical (unpaired) electrons. The number of thioether (sulfide) groups is 1. The standard InChI is InChI=1S/C26H34N6O3S/c1-2-32-25(33)22(16-29-19-7-5-18(6-8-19)9-13-31-11-3-4-12-31)36-26(32)20(15-27)23-30-21(17-35-23)24-28-10-14-34-24/h5-8,20-22,26,29H,2-4,9-14,16-17H2,1H3. The smallest absolute Gasteiger partial charge is 0.238 e. The molecule has 1 aromatic carbocycles. The molecule has 1 amide bonds. The van der Waals surface area contributed by atoms with Crippen molar-refractivity contribution in [2.45, 2.75) is 42.9 Å². The zero-order chi connectivity index (χ0) is 24.9. The van der Waals surface area contributed by atoms with E-state index in [0.29, 0.717) is 44.6 Å². The van der Waals surface area contributed by atoms with Crippen LogP contribution in [-0.4, -0.2) is 96.7 Å². The molecule has 4 heterocycles. The van der Waals surface area contributed by atoms with E-state index in [2.05, 4.69) is 50.5 Å². The first-order valence-corrected chi connectivity index (χ1v) is 13.9. The highest BCUT2D eigenvalue weighted by atomic mass is 32.2. The number of hydrogen-bond donors (Lipinski definition) is 1. The molecular weight excluding hydrogens is 476 g/mol. The average Bonchev–Trinajstić information content (AvgIpc) is 3.71. The van der Waals surface area contributed by atoms with Crippen molar-refractivity contribution in [1.29, 1.82) is 5.26 Å². The molecule has 0 spiro atoms. The lowest BCUT2D eigenvalue weighted by Gasteiger charge is -2.25. The van der Waals surface area contributed by atoms with Gasteiger partial charge in [0, 0.05) is 25.3 Å². The molecule has 2 fully saturated rings. The Morgan fingerprint density at radius 2 is 2.06 bits per heavy atom. The Morgan fingerprint density at radius 1 is 1.25 bits per heavy atom. The average molecular weight is 511 g/mol. The molecule has 1 aromatic rings. The largest absolute Gasteiger partial charge is 0.477 e. The molecule has 9 nitrogen and oxygen atoms in total. The van der Waals surface area contributed by atoms with Gasteiger partial charge in [-0.1, -0.05) is 12.1 Å². The van der Waals surface area contributed by atoms with Crippen LogP contribution in [-0.2, 0) is 20.7 Å². The second kappa shape index (κ2) is 11.5. The summed E-state index contributed by atoms with van der Waals surface area (Å²) in [4.78, 5) is 26.4. The lowest BCUT2D eigenvalue weighted by Crippen LogP contribution is -2.41. The first-order chi connectivity index (χ1) is 17.7. The van der Waals surface area contributed by atoms with Gasteiger partial charge >= 0.3 is 0 Å². The van der Waals surface area contributed by atoms with Crippen LogP contribution >= 0.6 is 11.8 Å². The summed E-state index contributed by atoms with van der Waals surface area (Å²) in [5.74, 6) is 0.364. The van der Waals surface area contributed by atoms with Gasteiger partial charge in [0.25, 0.3) is 0 Å². The predicted molar refractivity (Wildman–Crippen MR) is 141 cm³/mol. The zero-order valence-corrected chi connectivity index (χ0v) is 21.6. The molecule has 0 saturated carbocycles. The third kappa shape index (κ3) is 5.47. The van der Waals surface area contributed by atoms with E-state index >= 15 is 0 Å². The number of benzene rings is 1. The maximum Gasteiger partial charge on any atom is 0.238 e. The molecule has 5 rings (SSSR count). The van der Waals surface area contributed by atoms with E-state index in [0.717, 1.165) is 18.7 Å². The van der Waals surface area contributed by atoms with Crippen LogP contribution in [0.4, 0.5) is 5.69 Å². The predicted octanol–water partition coefficient (Wildman–Crippen LogP) is 2.39. The van der Waals surface area contributed by atoms with Crippen LogP contribution in [0.5, 0.6) is 0 Å². The van der Waals surface area contributed by atoms with Gasteiger partial charge in [0.05, 0.1) is 12.6 Å². The van der Waals surface area contributed by atoms with Crippen LogP contribution in [0.15, 0.2) is 34.3 Å². The van der Waals surface area contributed by atoms with Gasteiger partial charge in [-0.15, -0.1) is 11.8 Å². The van der Waals surface area contributed by atoms with Crippen LogP contribution in [0.25, 0.3) is 0 Å². The lowest BCUT2D eigenvalue weighted by atomic mass is 10.1. The van der Waals surface area contributed by atoms with E-state index in [9.17, 15) is 10.1 Å². The molecule has 4 aliphatic heterocycles. The summed E-state index contributed by atoms with van der Waals surface area (Å²) in [6.45, 7) is 8.05. The van der Waals surface area contributed by atoms with Gasteiger partial charge in [0.15, 0.2) is 12.0 Å². The normalized spacial score (nSPS) is 26.8. The molecule has 0 aliphatic carbocycles. The monoisotopic (exact) mass is 510 g/mol. The summed E-state index contributed by atoms with van der Waals surface area (Å²) < 4.78 is 11.3. The van der Waals surface area contributed by atoms with E-state index < -0.39 is 5.92 Å². The summed E-state index contributed by atoms with van der Waals surface area (Å²) in [6.07, 6.45) is 3.70. The summed E-state index contributed by atoms with van der Waals surface area (Å²) >= 11 is 1.51. The van der Waals surface area contributed by atoms with Gasteiger partial charge < -0.3 is 24.6 Å². The molecule has 4 unspecified atom stereocenters. The summed E-state index contributed by atoms with van der Waals surface area (Å²) in [6, 6.07) is 10.5. The Labute approximate surface area is 216 Å². The van der Waals surface area contributed by atoms with Gasteiger partial charge in [-0.05, 0) is 57.0 Å². The molecule has 0 aromatic heterocycles. The van der Waals surface area contributed by atoms with E-state index in [1.807, 2.05) is 6.92 Å². The Morgan fingerprint density at radius 3 is 2.75 bits per heavy atom. The van der Waals surface area contributed by atoms with Crippen LogP contribution in [0.1, 0.15) is 25.3 Å². The number of amides is 1. The Balaban J connectivity index is 1.17. The topological polar surface area (TPSA) is 103 Å². The quantitative estimate of drug-likeness (QED) is 0.516. The van der Waals surface area contributed by atoms with Crippen LogP contribution in [0.2, 0.25) is 0 Å². The number of aliphatic imine (C=N–C) groups is 2. The first kappa shape index (κ1) is 24.9. The molecular formula is C26H34N6O3S. The van der Waals surface area contributed by atoms with Crippen molar-refractivity contribution < 1.29 is 14.3 Å².